The highest BCUT2D eigenvalue weighted by molar-refractivity contribution is 5.94. The molecule has 2 aromatic rings. The average Bonchev–Trinajstić information content (AvgIpc) is 2.67. The van der Waals surface area contributed by atoms with Crippen LogP contribution in [0.25, 0.3) is 0 Å². The first-order valence-electron chi connectivity index (χ1n) is 8.84. The highest BCUT2D eigenvalue weighted by atomic mass is 16.6. The van der Waals surface area contributed by atoms with Crippen molar-refractivity contribution in [3.63, 3.8) is 0 Å². The van der Waals surface area contributed by atoms with E-state index in [2.05, 4.69) is 5.32 Å². The molecule has 0 aliphatic carbocycles. The molecule has 1 atom stereocenters. The fourth-order valence-corrected chi connectivity index (χ4v) is 3.01. The quantitative estimate of drug-likeness (QED) is 0.792. The number of nitrogens with one attached hydrogen (secondary N) is 1. The maximum Gasteiger partial charge on any atom is 0.225 e. The van der Waals surface area contributed by atoms with Crippen molar-refractivity contribution in [3.8, 4) is 17.2 Å². The minimum absolute atomic E-state index is 0.0519. The third kappa shape index (κ3) is 4.39. The number of carbonyl (C=O) groups excluding carboxylic acids is 2. The summed E-state index contributed by atoms with van der Waals surface area (Å²) < 4.78 is 16.4. The topological polar surface area (TPSA) is 73.9 Å². The molecule has 0 saturated carbocycles. The monoisotopic (exact) mass is 369 g/mol. The Morgan fingerprint density at radius 3 is 2.56 bits per heavy atom. The number of fused-ring (bicyclic) bond motifs is 1. The normalized spacial score (nSPS) is 13.6. The zero-order valence-electron chi connectivity index (χ0n) is 15.7. The van der Waals surface area contributed by atoms with Crippen LogP contribution in [-0.2, 0) is 11.2 Å². The molecule has 6 nitrogen and oxygen atoms in total. The Bertz CT molecular complexity index is 862. The average molecular weight is 369 g/mol. The highest BCUT2D eigenvalue weighted by Crippen LogP contribution is 2.32. The molecule has 1 heterocycles. The number of ketones is 1. The minimum Gasteiger partial charge on any atom is -0.496 e. The van der Waals surface area contributed by atoms with E-state index in [-0.39, 0.29) is 24.2 Å². The lowest BCUT2D eigenvalue weighted by Crippen LogP contribution is -2.28. The predicted molar refractivity (Wildman–Crippen MR) is 101 cm³/mol. The molecule has 0 radical (unpaired) electrons. The summed E-state index contributed by atoms with van der Waals surface area (Å²) in [5, 5.41) is 2.98. The number of Topliss-reactive ketones (excluding diaryl/α,β-unsaturated/α-hetero) is 1. The summed E-state index contributed by atoms with van der Waals surface area (Å²) in [6.07, 6.45) is 0.124. The Labute approximate surface area is 158 Å². The SMILES string of the molecule is COc1ccc(C(C)=O)cc1CC(=O)N[C@@H](C)c1ccc2c(c1)OCCO2. The predicted octanol–water partition coefficient (Wildman–Crippen LogP) is 3.09. The number of rotatable bonds is 6. The lowest BCUT2D eigenvalue weighted by molar-refractivity contribution is -0.121. The van der Waals surface area contributed by atoms with Crippen molar-refractivity contribution in [1.29, 1.82) is 0 Å². The summed E-state index contributed by atoms with van der Waals surface area (Å²) in [4.78, 5) is 24.1. The molecule has 0 fully saturated rings. The summed E-state index contributed by atoms with van der Waals surface area (Å²) in [5.41, 5.74) is 2.16. The van der Waals surface area contributed by atoms with E-state index in [9.17, 15) is 9.59 Å². The van der Waals surface area contributed by atoms with Gasteiger partial charge in [0.15, 0.2) is 17.3 Å². The maximum absolute atomic E-state index is 12.5. The molecule has 142 valence electrons. The first kappa shape index (κ1) is 18.8. The molecule has 1 amide bonds. The smallest absolute Gasteiger partial charge is 0.225 e. The third-order valence-corrected chi connectivity index (χ3v) is 4.48. The van der Waals surface area contributed by atoms with Gasteiger partial charge in [-0.05, 0) is 49.7 Å². The summed E-state index contributed by atoms with van der Waals surface area (Å²) in [6.45, 7) is 4.46. The molecular weight excluding hydrogens is 346 g/mol. The number of hydrogen-bond acceptors (Lipinski definition) is 5. The molecule has 1 aliphatic heterocycles. The second-order valence-electron chi connectivity index (χ2n) is 6.45. The Balaban J connectivity index is 1.70. The number of amides is 1. The summed E-state index contributed by atoms with van der Waals surface area (Å²) in [7, 11) is 1.54. The van der Waals surface area contributed by atoms with Crippen LogP contribution in [0.15, 0.2) is 36.4 Å². The van der Waals surface area contributed by atoms with E-state index in [0.29, 0.717) is 41.6 Å². The molecule has 2 aromatic carbocycles. The molecule has 0 bridgehead atoms. The van der Waals surface area contributed by atoms with Crippen LogP contribution in [0.3, 0.4) is 0 Å². The molecule has 0 spiro atoms. The van der Waals surface area contributed by atoms with E-state index in [1.165, 1.54) is 6.92 Å². The van der Waals surface area contributed by atoms with E-state index in [0.717, 1.165) is 5.56 Å². The lowest BCUT2D eigenvalue weighted by Gasteiger charge is -2.21. The van der Waals surface area contributed by atoms with E-state index >= 15 is 0 Å². The number of carbonyl (C=O) groups is 2. The second-order valence-corrected chi connectivity index (χ2v) is 6.45. The summed E-state index contributed by atoms with van der Waals surface area (Å²) >= 11 is 0. The van der Waals surface area contributed by atoms with Crippen molar-refractivity contribution in [1.82, 2.24) is 5.32 Å². The van der Waals surface area contributed by atoms with Gasteiger partial charge in [-0.1, -0.05) is 6.07 Å². The van der Waals surface area contributed by atoms with Gasteiger partial charge >= 0.3 is 0 Å². The van der Waals surface area contributed by atoms with Gasteiger partial charge in [-0.2, -0.15) is 0 Å². The maximum atomic E-state index is 12.5. The van der Waals surface area contributed by atoms with Crippen LogP contribution in [0.1, 0.15) is 41.4 Å². The lowest BCUT2D eigenvalue weighted by atomic mass is 10.0. The Morgan fingerprint density at radius 2 is 1.85 bits per heavy atom. The van der Waals surface area contributed by atoms with E-state index < -0.39 is 0 Å². The fraction of sp³-hybridized carbons (Fsp3) is 0.333. The number of benzene rings is 2. The van der Waals surface area contributed by atoms with Crippen LogP contribution >= 0.6 is 0 Å². The molecule has 27 heavy (non-hydrogen) atoms. The Morgan fingerprint density at radius 1 is 1.11 bits per heavy atom. The van der Waals surface area contributed by atoms with E-state index in [1.54, 1.807) is 25.3 Å². The van der Waals surface area contributed by atoms with Crippen molar-refractivity contribution >= 4 is 11.7 Å². The molecule has 0 aromatic heterocycles. The Kier molecular flexibility index (Phi) is 5.64. The fourth-order valence-electron chi connectivity index (χ4n) is 3.01. The summed E-state index contributed by atoms with van der Waals surface area (Å²) in [6, 6.07) is 10.6. The number of ether oxygens (including phenoxy) is 3. The van der Waals surface area contributed by atoms with Gasteiger partial charge in [-0.15, -0.1) is 0 Å². The standard InChI is InChI=1S/C21H23NO5/c1-13(15-4-7-19-20(11-15)27-9-8-26-19)22-21(24)12-17-10-16(14(2)23)5-6-18(17)25-3/h4-7,10-11,13H,8-9,12H2,1-3H3,(H,22,24)/t13-/m0/s1. The van der Waals surface area contributed by atoms with Gasteiger partial charge in [-0.3, -0.25) is 9.59 Å². The van der Waals surface area contributed by atoms with E-state index in [1.807, 2.05) is 25.1 Å². The third-order valence-electron chi connectivity index (χ3n) is 4.48. The zero-order chi connectivity index (χ0) is 19.4. The molecule has 1 N–H and O–H groups in total. The van der Waals surface area contributed by atoms with Crippen LogP contribution in [0.4, 0.5) is 0 Å². The molecule has 0 saturated heterocycles. The van der Waals surface area contributed by atoms with Gasteiger partial charge in [0.25, 0.3) is 0 Å². The van der Waals surface area contributed by atoms with Gasteiger partial charge in [0.2, 0.25) is 5.91 Å². The van der Waals surface area contributed by atoms with Crippen molar-refractivity contribution in [2.45, 2.75) is 26.3 Å². The Hall–Kier alpha value is -3.02. The molecule has 3 rings (SSSR count). The minimum atomic E-state index is -0.199. The van der Waals surface area contributed by atoms with Gasteiger partial charge in [0, 0.05) is 11.1 Å². The van der Waals surface area contributed by atoms with Gasteiger partial charge in [0.05, 0.1) is 19.6 Å². The van der Waals surface area contributed by atoms with Crippen molar-refractivity contribution in [2.75, 3.05) is 20.3 Å². The summed E-state index contributed by atoms with van der Waals surface area (Å²) in [5.74, 6) is 1.78. The number of methoxy groups -OCH3 is 1. The van der Waals surface area contributed by atoms with Crippen molar-refractivity contribution < 1.29 is 23.8 Å². The zero-order valence-corrected chi connectivity index (χ0v) is 15.7. The van der Waals surface area contributed by atoms with Crippen LogP contribution in [0.5, 0.6) is 17.2 Å². The largest absolute Gasteiger partial charge is 0.496 e. The molecule has 0 unspecified atom stereocenters. The van der Waals surface area contributed by atoms with Crippen LogP contribution in [-0.4, -0.2) is 32.0 Å². The van der Waals surface area contributed by atoms with Gasteiger partial charge in [0.1, 0.15) is 19.0 Å². The first-order valence-corrected chi connectivity index (χ1v) is 8.84. The first-order chi connectivity index (χ1) is 13.0. The van der Waals surface area contributed by atoms with E-state index in [4.69, 9.17) is 14.2 Å². The van der Waals surface area contributed by atoms with Gasteiger partial charge in [-0.25, -0.2) is 0 Å². The van der Waals surface area contributed by atoms with Crippen LogP contribution in [0, 0.1) is 0 Å². The van der Waals surface area contributed by atoms with Crippen LogP contribution in [0.2, 0.25) is 0 Å². The van der Waals surface area contributed by atoms with Crippen molar-refractivity contribution in [3.05, 3.63) is 53.1 Å². The van der Waals surface area contributed by atoms with Crippen molar-refractivity contribution in [2.24, 2.45) is 0 Å². The van der Waals surface area contributed by atoms with Gasteiger partial charge < -0.3 is 19.5 Å². The van der Waals surface area contributed by atoms with Crippen LogP contribution < -0.4 is 19.5 Å². The second kappa shape index (κ2) is 8.12. The molecule has 6 heteroatoms. The number of hydrogen-bond donors (Lipinski definition) is 1. The molecular formula is C21H23NO5. The molecule has 1 aliphatic rings. The highest BCUT2D eigenvalue weighted by Gasteiger charge is 2.17.